The van der Waals surface area contributed by atoms with Crippen LogP contribution in [0.2, 0.25) is 0 Å². The molecule has 1 rings (SSSR count). The fourth-order valence-electron chi connectivity index (χ4n) is 1.78. The van der Waals surface area contributed by atoms with Gasteiger partial charge in [0.2, 0.25) is 0 Å². The van der Waals surface area contributed by atoms with E-state index in [0.29, 0.717) is 23.0 Å². The predicted octanol–water partition coefficient (Wildman–Crippen LogP) is 2.35. The van der Waals surface area contributed by atoms with Gasteiger partial charge in [-0.05, 0) is 12.0 Å². The highest BCUT2D eigenvalue weighted by atomic mass is 79.9. The van der Waals surface area contributed by atoms with Gasteiger partial charge in [-0.15, -0.1) is 0 Å². The summed E-state index contributed by atoms with van der Waals surface area (Å²) in [5.41, 5.74) is 0.469. The van der Waals surface area contributed by atoms with Crippen molar-refractivity contribution in [3.05, 3.63) is 18.0 Å². The Morgan fingerprint density at radius 2 is 2.18 bits per heavy atom. The van der Waals surface area contributed by atoms with Crippen molar-refractivity contribution < 1.29 is 4.79 Å². The molecular formula is C12H20BrN3O. The highest BCUT2D eigenvalue weighted by molar-refractivity contribution is 9.09. The third-order valence-electron chi connectivity index (χ3n) is 2.96. The topological polar surface area (TPSA) is 46.9 Å². The highest BCUT2D eigenvalue weighted by Crippen LogP contribution is 2.19. The summed E-state index contributed by atoms with van der Waals surface area (Å²) in [6.45, 7) is 4.98. The van der Waals surface area contributed by atoms with Crippen molar-refractivity contribution in [2.45, 2.75) is 31.5 Å². The van der Waals surface area contributed by atoms with Gasteiger partial charge in [0.15, 0.2) is 0 Å². The van der Waals surface area contributed by atoms with Crippen molar-refractivity contribution >= 4 is 21.8 Å². The zero-order valence-corrected chi connectivity index (χ0v) is 12.2. The van der Waals surface area contributed by atoms with Gasteiger partial charge in [0, 0.05) is 24.6 Å². The van der Waals surface area contributed by atoms with Crippen LogP contribution in [0.4, 0.5) is 0 Å². The van der Waals surface area contributed by atoms with Crippen LogP contribution in [0.3, 0.4) is 0 Å². The molecule has 96 valence electrons. The molecule has 5 heteroatoms. The van der Waals surface area contributed by atoms with Gasteiger partial charge in [0.25, 0.3) is 5.91 Å². The number of aryl methyl sites for hydroxylation is 1. The molecule has 0 aromatic carbocycles. The Morgan fingerprint density at radius 1 is 1.53 bits per heavy atom. The van der Waals surface area contributed by atoms with E-state index in [0.717, 1.165) is 12.8 Å². The van der Waals surface area contributed by atoms with E-state index in [1.807, 2.05) is 0 Å². The molecule has 0 aliphatic rings. The van der Waals surface area contributed by atoms with Crippen molar-refractivity contribution in [2.24, 2.45) is 13.0 Å². The second-order valence-corrected chi connectivity index (χ2v) is 5.35. The van der Waals surface area contributed by atoms with Crippen molar-refractivity contribution in [2.75, 3.05) is 6.54 Å². The summed E-state index contributed by atoms with van der Waals surface area (Å²) in [5, 5.41) is 6.96. The Kier molecular flexibility index (Phi) is 5.68. The van der Waals surface area contributed by atoms with E-state index in [-0.39, 0.29) is 5.91 Å². The van der Waals surface area contributed by atoms with E-state index >= 15 is 0 Å². The van der Waals surface area contributed by atoms with Gasteiger partial charge in [-0.25, -0.2) is 0 Å². The first-order valence-electron chi connectivity index (χ1n) is 6.00. The van der Waals surface area contributed by atoms with Gasteiger partial charge in [-0.2, -0.15) is 5.10 Å². The molecule has 0 saturated heterocycles. The van der Waals surface area contributed by atoms with Gasteiger partial charge in [-0.3, -0.25) is 9.48 Å². The summed E-state index contributed by atoms with van der Waals surface area (Å²) in [6, 6.07) is 1.72. The van der Waals surface area contributed by atoms with Crippen LogP contribution in [0, 0.1) is 5.92 Å². The maximum absolute atomic E-state index is 11.8. The van der Waals surface area contributed by atoms with Gasteiger partial charge >= 0.3 is 0 Å². The molecule has 0 radical (unpaired) electrons. The largest absolute Gasteiger partial charge is 0.350 e. The third-order valence-corrected chi connectivity index (χ3v) is 4.04. The first-order chi connectivity index (χ1) is 8.08. The molecule has 1 aromatic rings. The Bertz CT molecular complexity index is 360. The quantitative estimate of drug-likeness (QED) is 0.820. The summed E-state index contributed by atoms with van der Waals surface area (Å²) >= 11 is 3.63. The van der Waals surface area contributed by atoms with Crippen LogP contribution in [0.1, 0.15) is 37.2 Å². The minimum absolute atomic E-state index is 0.110. The van der Waals surface area contributed by atoms with Gasteiger partial charge < -0.3 is 5.32 Å². The minimum atomic E-state index is -0.110. The number of amides is 1. The van der Waals surface area contributed by atoms with E-state index in [2.05, 4.69) is 40.2 Å². The Balaban J connectivity index is 2.43. The summed E-state index contributed by atoms with van der Waals surface area (Å²) in [7, 11) is 1.80. The van der Waals surface area contributed by atoms with Crippen molar-refractivity contribution in [3.63, 3.8) is 0 Å². The molecule has 1 N–H and O–H groups in total. The normalized spacial score (nSPS) is 12.8. The summed E-state index contributed by atoms with van der Waals surface area (Å²) in [4.78, 5) is 12.1. The maximum atomic E-state index is 11.8. The predicted molar refractivity (Wildman–Crippen MR) is 72.3 cm³/mol. The molecular weight excluding hydrogens is 282 g/mol. The zero-order chi connectivity index (χ0) is 12.8. The zero-order valence-electron chi connectivity index (χ0n) is 10.6. The monoisotopic (exact) mass is 301 g/mol. The van der Waals surface area contributed by atoms with Crippen LogP contribution >= 0.6 is 15.9 Å². The molecule has 0 aliphatic heterocycles. The molecule has 1 amide bonds. The van der Waals surface area contributed by atoms with Crippen LogP contribution in [-0.4, -0.2) is 27.1 Å². The van der Waals surface area contributed by atoms with Crippen molar-refractivity contribution in [3.8, 4) is 0 Å². The number of hydrogen-bond donors (Lipinski definition) is 1. The number of alkyl halides is 1. The standard InChI is InChI=1S/C12H20BrN3O/c1-4-9(5-2)10(13)8-14-12(17)11-6-7-16(3)15-11/h6-7,9-10H,4-5,8H2,1-3H3,(H,14,17). The SMILES string of the molecule is CCC(CC)C(Br)CNC(=O)c1ccn(C)n1. The molecule has 0 fully saturated rings. The number of nitrogens with zero attached hydrogens (tertiary/aromatic N) is 2. The lowest BCUT2D eigenvalue weighted by Gasteiger charge is -2.19. The summed E-state index contributed by atoms with van der Waals surface area (Å²) in [6.07, 6.45) is 4.00. The Labute approximate surface area is 111 Å². The average Bonchev–Trinajstić information content (AvgIpc) is 2.74. The lowest BCUT2D eigenvalue weighted by atomic mass is 9.99. The summed E-state index contributed by atoms with van der Waals surface area (Å²) < 4.78 is 1.63. The Morgan fingerprint density at radius 3 is 2.65 bits per heavy atom. The molecule has 0 spiro atoms. The Hall–Kier alpha value is -0.840. The molecule has 0 bridgehead atoms. The number of hydrogen-bond acceptors (Lipinski definition) is 2. The second kappa shape index (κ2) is 6.79. The van der Waals surface area contributed by atoms with Gasteiger partial charge in [-0.1, -0.05) is 42.6 Å². The van der Waals surface area contributed by atoms with E-state index in [4.69, 9.17) is 0 Å². The smallest absolute Gasteiger partial charge is 0.271 e. The van der Waals surface area contributed by atoms with Crippen LogP contribution in [0.5, 0.6) is 0 Å². The molecule has 17 heavy (non-hydrogen) atoms. The lowest BCUT2D eigenvalue weighted by molar-refractivity contribution is 0.0946. The number of halogens is 1. The first-order valence-corrected chi connectivity index (χ1v) is 6.91. The van der Waals surface area contributed by atoms with E-state index < -0.39 is 0 Å². The number of nitrogens with one attached hydrogen (secondary N) is 1. The number of carbonyl (C=O) groups excluding carboxylic acids is 1. The van der Waals surface area contributed by atoms with Crippen LogP contribution in [0.15, 0.2) is 12.3 Å². The minimum Gasteiger partial charge on any atom is -0.350 e. The van der Waals surface area contributed by atoms with E-state index in [1.165, 1.54) is 0 Å². The van der Waals surface area contributed by atoms with Crippen LogP contribution in [0.25, 0.3) is 0 Å². The number of aromatic nitrogens is 2. The first kappa shape index (κ1) is 14.2. The molecule has 4 nitrogen and oxygen atoms in total. The maximum Gasteiger partial charge on any atom is 0.271 e. The average molecular weight is 302 g/mol. The van der Waals surface area contributed by atoms with Crippen molar-refractivity contribution in [1.29, 1.82) is 0 Å². The molecule has 1 aromatic heterocycles. The fourth-order valence-corrected chi connectivity index (χ4v) is 2.69. The number of carbonyl (C=O) groups is 1. The second-order valence-electron chi connectivity index (χ2n) is 4.18. The lowest BCUT2D eigenvalue weighted by Crippen LogP contribution is -2.33. The highest BCUT2D eigenvalue weighted by Gasteiger charge is 2.17. The number of rotatable bonds is 6. The molecule has 1 atom stereocenters. The van der Waals surface area contributed by atoms with Gasteiger partial charge in [0.05, 0.1) is 0 Å². The summed E-state index contributed by atoms with van der Waals surface area (Å²) in [5.74, 6) is 0.486. The fraction of sp³-hybridized carbons (Fsp3) is 0.667. The molecule has 0 aliphatic carbocycles. The molecule has 1 heterocycles. The van der Waals surface area contributed by atoms with E-state index in [9.17, 15) is 4.79 Å². The molecule has 0 saturated carbocycles. The molecule has 1 unspecified atom stereocenters. The van der Waals surface area contributed by atoms with Gasteiger partial charge in [0.1, 0.15) is 5.69 Å². The van der Waals surface area contributed by atoms with Crippen LogP contribution in [-0.2, 0) is 7.05 Å². The van der Waals surface area contributed by atoms with E-state index in [1.54, 1.807) is 24.0 Å². The van der Waals surface area contributed by atoms with Crippen molar-refractivity contribution in [1.82, 2.24) is 15.1 Å². The third kappa shape index (κ3) is 4.15. The van der Waals surface area contributed by atoms with Crippen LogP contribution < -0.4 is 5.32 Å².